The van der Waals surface area contributed by atoms with Gasteiger partial charge in [-0.1, -0.05) is 60.7 Å². The molecule has 0 saturated heterocycles. The molecule has 3 heteroatoms. The number of hydrogen-bond acceptors (Lipinski definition) is 3. The normalized spacial score (nSPS) is 10.8. The highest BCUT2D eigenvalue weighted by Gasteiger charge is 2.10. The molecule has 0 aliphatic heterocycles. The maximum Gasteiger partial charge on any atom is 0.0625 e. The maximum atomic E-state index is 8.91. The fourth-order valence-electron chi connectivity index (χ4n) is 4.35. The second kappa shape index (κ2) is 9.29. The van der Waals surface area contributed by atoms with E-state index in [0.717, 1.165) is 12.8 Å². The summed E-state index contributed by atoms with van der Waals surface area (Å²) >= 11 is 1.83. The number of hydrogen-bond donors (Lipinski definition) is 0. The molecule has 0 bridgehead atoms. The van der Waals surface area contributed by atoms with Gasteiger partial charge in [-0.3, -0.25) is 0 Å². The molecule has 0 amide bonds. The van der Waals surface area contributed by atoms with E-state index in [1.54, 1.807) is 0 Å². The predicted molar refractivity (Wildman–Crippen MR) is 138 cm³/mol. The number of aryl methyl sites for hydroxylation is 2. The van der Waals surface area contributed by atoms with Crippen LogP contribution in [0.1, 0.15) is 24.0 Å². The van der Waals surface area contributed by atoms with Gasteiger partial charge in [0.15, 0.2) is 0 Å². The number of thiophene rings is 1. The third-order valence-corrected chi connectivity index (χ3v) is 7.19. The number of benzene rings is 4. The number of nitrogens with zero attached hydrogens (tertiary/aromatic N) is 2. The summed E-state index contributed by atoms with van der Waals surface area (Å²) in [6, 6.07) is 34.9. The van der Waals surface area contributed by atoms with E-state index in [9.17, 15) is 0 Å². The van der Waals surface area contributed by atoms with Crippen LogP contribution in [0.3, 0.4) is 0 Å². The molecule has 1 heterocycles. The topological polar surface area (TPSA) is 47.6 Å². The highest BCUT2D eigenvalue weighted by atomic mass is 32.1. The van der Waals surface area contributed by atoms with Gasteiger partial charge in [0.25, 0.3) is 0 Å². The first-order chi connectivity index (χ1) is 16.2. The predicted octanol–water partition coefficient (Wildman–Crippen LogP) is 8.30. The lowest BCUT2D eigenvalue weighted by atomic mass is 9.97. The largest absolute Gasteiger partial charge is 0.198 e. The summed E-state index contributed by atoms with van der Waals surface area (Å²) in [7, 11) is 0. The third-order valence-electron chi connectivity index (χ3n) is 6.04. The van der Waals surface area contributed by atoms with E-state index in [1.807, 2.05) is 11.3 Å². The van der Waals surface area contributed by atoms with Crippen molar-refractivity contribution in [3.8, 4) is 34.4 Å². The zero-order valence-electron chi connectivity index (χ0n) is 18.2. The molecule has 158 valence electrons. The Morgan fingerprint density at radius 2 is 1.00 bits per heavy atom. The Hall–Kier alpha value is -3.92. The molecule has 0 aliphatic rings. The van der Waals surface area contributed by atoms with Crippen molar-refractivity contribution < 1.29 is 0 Å². The van der Waals surface area contributed by atoms with Crippen molar-refractivity contribution in [2.75, 3.05) is 0 Å². The van der Waals surface area contributed by atoms with E-state index >= 15 is 0 Å². The number of rotatable bonds is 6. The molecule has 0 spiro atoms. The van der Waals surface area contributed by atoms with Gasteiger partial charge in [-0.25, -0.2) is 0 Å². The summed E-state index contributed by atoms with van der Waals surface area (Å²) < 4.78 is 2.57. The summed E-state index contributed by atoms with van der Waals surface area (Å²) in [5, 5.41) is 20.4. The third kappa shape index (κ3) is 4.37. The summed E-state index contributed by atoms with van der Waals surface area (Å²) in [4.78, 5) is 0. The van der Waals surface area contributed by atoms with E-state index in [4.69, 9.17) is 10.5 Å². The molecule has 0 aliphatic carbocycles. The van der Waals surface area contributed by atoms with Crippen molar-refractivity contribution in [1.82, 2.24) is 0 Å². The van der Waals surface area contributed by atoms with Gasteiger partial charge < -0.3 is 0 Å². The SMILES string of the molecule is N#CCCc1cccc(-c2ccc3sc4ccc(-c5cccc(CCC#N)c5)cc4c3c2)c1. The van der Waals surface area contributed by atoms with Crippen LogP contribution in [-0.2, 0) is 12.8 Å². The lowest BCUT2D eigenvalue weighted by Gasteiger charge is -2.06. The molecule has 0 radical (unpaired) electrons. The van der Waals surface area contributed by atoms with Crippen LogP contribution in [0, 0.1) is 22.7 Å². The Kier molecular flexibility index (Phi) is 5.90. The minimum Gasteiger partial charge on any atom is -0.198 e. The highest BCUT2D eigenvalue weighted by molar-refractivity contribution is 7.25. The molecule has 5 rings (SSSR count). The Balaban J connectivity index is 1.56. The van der Waals surface area contributed by atoms with Gasteiger partial charge in [-0.05, 0) is 70.5 Å². The van der Waals surface area contributed by atoms with Gasteiger partial charge in [0.05, 0.1) is 12.1 Å². The van der Waals surface area contributed by atoms with Crippen molar-refractivity contribution >= 4 is 31.5 Å². The maximum absolute atomic E-state index is 8.91. The molecule has 0 atom stereocenters. The smallest absolute Gasteiger partial charge is 0.0625 e. The summed E-state index contributed by atoms with van der Waals surface area (Å²) in [6.07, 6.45) is 2.64. The van der Waals surface area contributed by atoms with Gasteiger partial charge >= 0.3 is 0 Å². The molecule has 0 unspecified atom stereocenters. The van der Waals surface area contributed by atoms with Crippen molar-refractivity contribution in [3.63, 3.8) is 0 Å². The molecule has 0 saturated carbocycles. The average molecular weight is 443 g/mol. The van der Waals surface area contributed by atoms with Gasteiger partial charge in [0.1, 0.15) is 0 Å². The zero-order valence-corrected chi connectivity index (χ0v) is 19.0. The van der Waals surface area contributed by atoms with Crippen LogP contribution in [0.2, 0.25) is 0 Å². The lowest BCUT2D eigenvalue weighted by molar-refractivity contribution is 1.01. The van der Waals surface area contributed by atoms with Crippen LogP contribution in [0.4, 0.5) is 0 Å². The Labute approximate surface area is 198 Å². The number of nitriles is 2. The Bertz CT molecular complexity index is 1430. The molecule has 33 heavy (non-hydrogen) atoms. The van der Waals surface area contributed by atoms with E-state index in [2.05, 4.69) is 97.1 Å². The van der Waals surface area contributed by atoms with E-state index in [1.165, 1.54) is 53.6 Å². The second-order valence-corrected chi connectivity index (χ2v) is 9.32. The first kappa shape index (κ1) is 21.0. The van der Waals surface area contributed by atoms with Gasteiger partial charge in [0, 0.05) is 33.0 Å². The number of fused-ring (bicyclic) bond motifs is 3. The zero-order chi connectivity index (χ0) is 22.6. The first-order valence-corrected chi connectivity index (χ1v) is 12.0. The van der Waals surface area contributed by atoms with Crippen LogP contribution in [-0.4, -0.2) is 0 Å². The summed E-state index contributed by atoms with van der Waals surface area (Å²) in [6.45, 7) is 0. The fourth-order valence-corrected chi connectivity index (χ4v) is 5.42. The van der Waals surface area contributed by atoms with Crippen LogP contribution in [0.15, 0.2) is 84.9 Å². The van der Waals surface area contributed by atoms with Crippen LogP contribution in [0.5, 0.6) is 0 Å². The molecule has 0 N–H and O–H groups in total. The van der Waals surface area contributed by atoms with Crippen LogP contribution >= 0.6 is 11.3 Å². The quantitative estimate of drug-likeness (QED) is 0.265. The monoisotopic (exact) mass is 442 g/mol. The standard InChI is InChI=1S/C30H22N2S/c31-15-3-7-21-5-1-9-23(17-21)25-11-13-29-27(19-25)28-20-26(12-14-30(28)33-29)24-10-2-6-22(18-24)8-4-16-32/h1-2,5-6,9-14,17-20H,3-4,7-8H2. The second-order valence-electron chi connectivity index (χ2n) is 8.24. The van der Waals surface area contributed by atoms with E-state index < -0.39 is 0 Å². The minimum atomic E-state index is 0.540. The molecular weight excluding hydrogens is 420 g/mol. The minimum absolute atomic E-state index is 0.540. The van der Waals surface area contributed by atoms with Crippen LogP contribution in [0.25, 0.3) is 42.4 Å². The molecule has 0 fully saturated rings. The molecule has 4 aromatic carbocycles. The van der Waals surface area contributed by atoms with Gasteiger partial charge in [0.2, 0.25) is 0 Å². The highest BCUT2D eigenvalue weighted by Crippen LogP contribution is 2.38. The van der Waals surface area contributed by atoms with Crippen LogP contribution < -0.4 is 0 Å². The first-order valence-electron chi connectivity index (χ1n) is 11.1. The average Bonchev–Trinajstić information content (AvgIpc) is 3.23. The summed E-state index contributed by atoms with van der Waals surface area (Å²) in [5.41, 5.74) is 7.17. The fraction of sp³-hybridized carbons (Fsp3) is 0.133. The Morgan fingerprint density at radius 1 is 0.545 bits per heavy atom. The molecule has 1 aromatic heterocycles. The van der Waals surface area contributed by atoms with Crippen molar-refractivity contribution in [1.29, 1.82) is 10.5 Å². The van der Waals surface area contributed by atoms with Gasteiger partial charge in [-0.2, -0.15) is 10.5 Å². The van der Waals surface area contributed by atoms with Crippen molar-refractivity contribution in [3.05, 3.63) is 96.1 Å². The van der Waals surface area contributed by atoms with Crippen molar-refractivity contribution in [2.24, 2.45) is 0 Å². The molecule has 2 nitrogen and oxygen atoms in total. The van der Waals surface area contributed by atoms with E-state index in [-0.39, 0.29) is 0 Å². The lowest BCUT2D eigenvalue weighted by Crippen LogP contribution is -1.86. The van der Waals surface area contributed by atoms with Crippen molar-refractivity contribution in [2.45, 2.75) is 25.7 Å². The summed E-state index contributed by atoms with van der Waals surface area (Å²) in [5.74, 6) is 0. The van der Waals surface area contributed by atoms with E-state index in [0.29, 0.717) is 12.8 Å². The molecular formula is C30H22N2S. The Morgan fingerprint density at radius 3 is 1.45 bits per heavy atom. The molecule has 5 aromatic rings. The van der Waals surface area contributed by atoms with Gasteiger partial charge in [-0.15, -0.1) is 11.3 Å².